The Morgan fingerprint density at radius 2 is 1.79 bits per heavy atom. The van der Waals surface area contributed by atoms with Gasteiger partial charge in [-0.2, -0.15) is 5.10 Å². The van der Waals surface area contributed by atoms with Crippen LogP contribution in [-0.2, 0) is 6.42 Å². The molecule has 0 unspecified atom stereocenters. The molecule has 2 fully saturated rings. The molecule has 2 aliphatic heterocycles. The quantitative estimate of drug-likeness (QED) is 0.338. The van der Waals surface area contributed by atoms with Crippen LogP contribution in [0.25, 0.3) is 11.5 Å². The van der Waals surface area contributed by atoms with E-state index in [1.165, 1.54) is 5.56 Å². The number of hydrogen-bond acceptors (Lipinski definition) is 7. The standard InChI is InChI=1S/C30H33N7O2/c38-27(21-4-2-1-3-5-21)25-11-10-24(33-25)18-20-6-8-23(9-7-20)30(39)37-16-12-22(13-17-37)28-34-29(36-35-28)26-19-31-14-15-32-26/h1-9,14-15,19,22,24-25,27,33,38H,10-13,16-18H2,(H,34,35,36)/t24-,25+,27+/m0/s1. The summed E-state index contributed by atoms with van der Waals surface area (Å²) in [7, 11) is 0. The highest BCUT2D eigenvalue weighted by Crippen LogP contribution is 2.29. The summed E-state index contributed by atoms with van der Waals surface area (Å²) >= 11 is 0. The second-order valence-electron chi connectivity index (χ2n) is 10.5. The van der Waals surface area contributed by atoms with Crippen LogP contribution in [0.5, 0.6) is 0 Å². The molecule has 0 spiro atoms. The molecule has 9 nitrogen and oxygen atoms in total. The Balaban J connectivity index is 0.996. The summed E-state index contributed by atoms with van der Waals surface area (Å²) in [6.45, 7) is 1.37. The van der Waals surface area contributed by atoms with E-state index in [2.05, 4.69) is 42.6 Å². The molecule has 4 heterocycles. The second-order valence-corrected chi connectivity index (χ2v) is 10.5. The predicted octanol–water partition coefficient (Wildman–Crippen LogP) is 3.68. The van der Waals surface area contributed by atoms with Gasteiger partial charge in [-0.15, -0.1) is 0 Å². The fraction of sp³-hybridized carbons (Fsp3) is 0.367. The third-order valence-electron chi connectivity index (χ3n) is 7.94. The number of aliphatic hydroxyl groups is 1. The van der Waals surface area contributed by atoms with Crippen molar-refractivity contribution in [2.24, 2.45) is 0 Å². The summed E-state index contributed by atoms with van der Waals surface area (Å²) in [4.78, 5) is 28.1. The zero-order chi connectivity index (χ0) is 26.6. The number of aromatic amines is 1. The summed E-state index contributed by atoms with van der Waals surface area (Å²) in [5, 5.41) is 21.7. The number of amides is 1. The van der Waals surface area contributed by atoms with E-state index in [-0.39, 0.29) is 17.9 Å². The van der Waals surface area contributed by atoms with E-state index in [0.717, 1.165) is 49.1 Å². The average molecular weight is 524 g/mol. The topological polar surface area (TPSA) is 120 Å². The van der Waals surface area contributed by atoms with E-state index in [1.54, 1.807) is 18.6 Å². The van der Waals surface area contributed by atoms with Gasteiger partial charge in [0.2, 0.25) is 5.82 Å². The third kappa shape index (κ3) is 5.74. The smallest absolute Gasteiger partial charge is 0.253 e. The molecule has 2 aliphatic rings. The highest BCUT2D eigenvalue weighted by Gasteiger charge is 2.30. The van der Waals surface area contributed by atoms with Crippen molar-refractivity contribution in [3.05, 3.63) is 95.7 Å². The second kappa shape index (κ2) is 11.4. The number of nitrogens with one attached hydrogen (secondary N) is 2. The number of rotatable bonds is 7. The number of carbonyl (C=O) groups excluding carboxylic acids is 1. The minimum atomic E-state index is -0.496. The van der Waals surface area contributed by atoms with Crippen molar-refractivity contribution in [1.29, 1.82) is 0 Å². The molecule has 3 atom stereocenters. The molecule has 6 rings (SSSR count). The lowest BCUT2D eigenvalue weighted by atomic mass is 9.95. The lowest BCUT2D eigenvalue weighted by Crippen LogP contribution is -2.38. The van der Waals surface area contributed by atoms with Crippen LogP contribution in [-0.4, -0.2) is 66.2 Å². The zero-order valence-corrected chi connectivity index (χ0v) is 21.8. The monoisotopic (exact) mass is 523 g/mol. The number of hydrogen-bond donors (Lipinski definition) is 3. The summed E-state index contributed by atoms with van der Waals surface area (Å²) in [5.41, 5.74) is 3.51. The van der Waals surface area contributed by atoms with Crippen molar-refractivity contribution in [2.75, 3.05) is 13.1 Å². The number of nitrogens with zero attached hydrogens (tertiary/aromatic N) is 5. The van der Waals surface area contributed by atoms with E-state index in [4.69, 9.17) is 0 Å². The van der Waals surface area contributed by atoms with E-state index in [9.17, 15) is 9.90 Å². The van der Waals surface area contributed by atoms with Gasteiger partial charge in [0.25, 0.3) is 5.91 Å². The van der Waals surface area contributed by atoms with Gasteiger partial charge in [-0.3, -0.25) is 14.9 Å². The Morgan fingerprint density at radius 1 is 1.00 bits per heavy atom. The van der Waals surface area contributed by atoms with Crippen molar-refractivity contribution in [2.45, 2.75) is 56.2 Å². The summed E-state index contributed by atoms with van der Waals surface area (Å²) in [5.74, 6) is 1.69. The van der Waals surface area contributed by atoms with Gasteiger partial charge in [0.05, 0.1) is 12.3 Å². The Kier molecular flexibility index (Phi) is 7.42. The van der Waals surface area contributed by atoms with Gasteiger partial charge in [-0.1, -0.05) is 42.5 Å². The van der Waals surface area contributed by atoms with E-state index >= 15 is 0 Å². The minimum absolute atomic E-state index is 0.0664. The maximum absolute atomic E-state index is 13.2. The van der Waals surface area contributed by atoms with Crippen LogP contribution in [0.2, 0.25) is 0 Å². The number of piperidine rings is 1. The summed E-state index contributed by atoms with van der Waals surface area (Å²) < 4.78 is 0. The fourth-order valence-electron chi connectivity index (χ4n) is 5.74. The number of H-pyrrole nitrogens is 1. The average Bonchev–Trinajstić information content (AvgIpc) is 3.69. The Hall–Kier alpha value is -3.95. The zero-order valence-electron chi connectivity index (χ0n) is 21.8. The first-order chi connectivity index (χ1) is 19.1. The molecule has 2 aromatic heterocycles. The van der Waals surface area contributed by atoms with E-state index in [1.807, 2.05) is 47.4 Å². The maximum atomic E-state index is 13.2. The molecule has 0 saturated carbocycles. The highest BCUT2D eigenvalue weighted by atomic mass is 16.3. The molecule has 0 bridgehead atoms. The first-order valence-corrected chi connectivity index (χ1v) is 13.7. The van der Waals surface area contributed by atoms with Crippen LogP contribution in [0.4, 0.5) is 0 Å². The largest absolute Gasteiger partial charge is 0.387 e. The SMILES string of the molecule is O=C(c1ccc(C[C@@H]2CC[C@H]([C@H](O)c3ccccc3)N2)cc1)N1CCC(c2nc(-c3cnccn3)n[nH]2)CC1. The lowest BCUT2D eigenvalue weighted by molar-refractivity contribution is 0.0711. The first-order valence-electron chi connectivity index (χ1n) is 13.7. The normalized spacial score (nSPS) is 20.7. The molecule has 1 amide bonds. The third-order valence-corrected chi connectivity index (χ3v) is 7.94. The van der Waals surface area contributed by atoms with Crippen LogP contribution < -0.4 is 5.32 Å². The van der Waals surface area contributed by atoms with E-state index in [0.29, 0.717) is 30.6 Å². The number of benzene rings is 2. The molecule has 0 aliphatic carbocycles. The fourth-order valence-corrected chi connectivity index (χ4v) is 5.74. The van der Waals surface area contributed by atoms with E-state index < -0.39 is 6.10 Å². The lowest BCUT2D eigenvalue weighted by Gasteiger charge is -2.31. The van der Waals surface area contributed by atoms with Crippen LogP contribution in [0.1, 0.15) is 65.0 Å². The number of carbonyl (C=O) groups is 1. The molecule has 39 heavy (non-hydrogen) atoms. The molecule has 9 heteroatoms. The maximum Gasteiger partial charge on any atom is 0.253 e. The Bertz CT molecular complexity index is 1370. The van der Waals surface area contributed by atoms with Crippen molar-refractivity contribution in [1.82, 2.24) is 35.4 Å². The minimum Gasteiger partial charge on any atom is -0.387 e. The van der Waals surface area contributed by atoms with Crippen molar-refractivity contribution in [3.63, 3.8) is 0 Å². The van der Waals surface area contributed by atoms with Crippen LogP contribution in [0.15, 0.2) is 73.2 Å². The van der Waals surface area contributed by atoms with Crippen molar-refractivity contribution >= 4 is 5.91 Å². The molecule has 2 saturated heterocycles. The first kappa shape index (κ1) is 25.3. The van der Waals surface area contributed by atoms with Gasteiger partial charge in [0.1, 0.15) is 11.5 Å². The molecular weight excluding hydrogens is 490 g/mol. The molecule has 200 valence electrons. The van der Waals surface area contributed by atoms with Crippen LogP contribution in [0.3, 0.4) is 0 Å². The number of aliphatic hydroxyl groups excluding tert-OH is 1. The van der Waals surface area contributed by atoms with Gasteiger partial charge in [0.15, 0.2) is 0 Å². The number of likely N-dealkylation sites (tertiary alicyclic amines) is 1. The van der Waals surface area contributed by atoms with Crippen LogP contribution >= 0.6 is 0 Å². The summed E-state index contributed by atoms with van der Waals surface area (Å²) in [6, 6.07) is 18.2. The summed E-state index contributed by atoms with van der Waals surface area (Å²) in [6.07, 6.45) is 8.93. The molecule has 2 aromatic carbocycles. The van der Waals surface area contributed by atoms with Gasteiger partial charge < -0.3 is 15.3 Å². The molecular formula is C30H33N7O2. The molecule has 3 N–H and O–H groups in total. The Labute approximate surface area is 227 Å². The predicted molar refractivity (Wildman–Crippen MR) is 147 cm³/mol. The van der Waals surface area contributed by atoms with Gasteiger partial charge in [0, 0.05) is 49.0 Å². The van der Waals surface area contributed by atoms with Crippen molar-refractivity contribution in [3.8, 4) is 11.5 Å². The van der Waals surface area contributed by atoms with Gasteiger partial charge >= 0.3 is 0 Å². The molecule has 0 radical (unpaired) electrons. The Morgan fingerprint density at radius 3 is 2.54 bits per heavy atom. The van der Waals surface area contributed by atoms with Gasteiger partial charge in [-0.05, 0) is 55.4 Å². The van der Waals surface area contributed by atoms with Crippen LogP contribution in [0, 0.1) is 0 Å². The highest BCUT2D eigenvalue weighted by molar-refractivity contribution is 5.94. The number of aromatic nitrogens is 5. The van der Waals surface area contributed by atoms with Gasteiger partial charge in [-0.25, -0.2) is 9.97 Å². The molecule has 4 aromatic rings. The van der Waals surface area contributed by atoms with Crippen molar-refractivity contribution < 1.29 is 9.90 Å².